The van der Waals surface area contributed by atoms with Crippen LogP contribution in [-0.4, -0.2) is 40.0 Å². The molecule has 0 radical (unpaired) electrons. The first-order chi connectivity index (χ1) is 12.2. The summed E-state index contributed by atoms with van der Waals surface area (Å²) in [7, 11) is 0. The Morgan fingerprint density at radius 2 is 1.96 bits per heavy atom. The van der Waals surface area contributed by atoms with Crippen molar-refractivity contribution in [3.05, 3.63) is 54.0 Å². The van der Waals surface area contributed by atoms with Gasteiger partial charge in [-0.2, -0.15) is 0 Å². The fraction of sp³-hybridized carbons (Fsp3) is 0.316. The molecular weight excluding hydrogens is 314 g/mol. The molecule has 128 valence electrons. The maximum Gasteiger partial charge on any atom is 0.251 e. The smallest absolute Gasteiger partial charge is 0.251 e. The Labute approximate surface area is 146 Å². The maximum absolute atomic E-state index is 12.3. The number of aromatic amines is 1. The van der Waals surface area contributed by atoms with Gasteiger partial charge >= 0.3 is 0 Å². The molecule has 0 saturated carbocycles. The Kier molecular flexibility index (Phi) is 4.09. The fourth-order valence-electron chi connectivity index (χ4n) is 3.43. The molecule has 6 nitrogen and oxygen atoms in total. The molecule has 0 bridgehead atoms. The molecule has 0 unspecified atom stereocenters. The van der Waals surface area contributed by atoms with Crippen LogP contribution in [0.1, 0.15) is 28.8 Å². The first kappa shape index (κ1) is 15.6. The molecule has 1 aliphatic heterocycles. The highest BCUT2D eigenvalue weighted by atomic mass is 16.1. The average Bonchev–Trinajstić information content (AvgIpc) is 3.04. The van der Waals surface area contributed by atoms with E-state index in [1.807, 2.05) is 36.5 Å². The molecule has 0 atom stereocenters. The lowest BCUT2D eigenvalue weighted by atomic mass is 10.0. The third kappa shape index (κ3) is 3.07. The minimum absolute atomic E-state index is 0.00459. The number of nitrogens with zero attached hydrogens (tertiary/aromatic N) is 3. The van der Waals surface area contributed by atoms with Gasteiger partial charge in [-0.1, -0.05) is 18.2 Å². The standard InChI is InChI=1S/C19H21N5O/c1-13-11-20-17-16(13)18(22-12-21-17)24-9-7-15(8-10-24)23-19(25)14-5-3-2-4-6-14/h2-6,11-12,15H,7-10H2,1H3,(H,23,25)(H,20,21,22). The molecule has 4 rings (SSSR count). The Morgan fingerprint density at radius 3 is 2.72 bits per heavy atom. The first-order valence-electron chi connectivity index (χ1n) is 8.62. The number of anilines is 1. The number of hydrogen-bond donors (Lipinski definition) is 2. The number of fused-ring (bicyclic) bond motifs is 1. The van der Waals surface area contributed by atoms with E-state index in [1.54, 1.807) is 6.33 Å². The summed E-state index contributed by atoms with van der Waals surface area (Å²) in [5, 5.41) is 4.24. The highest BCUT2D eigenvalue weighted by Gasteiger charge is 2.24. The summed E-state index contributed by atoms with van der Waals surface area (Å²) in [6, 6.07) is 9.58. The Morgan fingerprint density at radius 1 is 1.20 bits per heavy atom. The molecule has 1 amide bonds. The Bertz CT molecular complexity index is 881. The topological polar surface area (TPSA) is 73.9 Å². The molecule has 3 heterocycles. The van der Waals surface area contributed by atoms with E-state index < -0.39 is 0 Å². The Balaban J connectivity index is 1.43. The van der Waals surface area contributed by atoms with Crippen LogP contribution in [0.5, 0.6) is 0 Å². The van der Waals surface area contributed by atoms with Crippen molar-refractivity contribution in [1.29, 1.82) is 0 Å². The number of H-pyrrole nitrogens is 1. The van der Waals surface area contributed by atoms with Crippen LogP contribution in [-0.2, 0) is 0 Å². The molecule has 1 aliphatic rings. The van der Waals surface area contributed by atoms with Gasteiger partial charge < -0.3 is 15.2 Å². The van der Waals surface area contributed by atoms with Crippen LogP contribution in [0.25, 0.3) is 11.0 Å². The number of aromatic nitrogens is 3. The fourth-order valence-corrected chi connectivity index (χ4v) is 3.43. The van der Waals surface area contributed by atoms with E-state index in [2.05, 4.69) is 32.1 Å². The van der Waals surface area contributed by atoms with Crippen molar-refractivity contribution in [3.63, 3.8) is 0 Å². The lowest BCUT2D eigenvalue weighted by Crippen LogP contribution is -2.45. The number of benzene rings is 1. The molecule has 1 aromatic carbocycles. The third-order valence-electron chi connectivity index (χ3n) is 4.81. The monoisotopic (exact) mass is 335 g/mol. The van der Waals surface area contributed by atoms with E-state index in [0.717, 1.165) is 48.3 Å². The van der Waals surface area contributed by atoms with Crippen LogP contribution in [0.3, 0.4) is 0 Å². The molecule has 1 saturated heterocycles. The van der Waals surface area contributed by atoms with Gasteiger partial charge in [0.1, 0.15) is 17.8 Å². The van der Waals surface area contributed by atoms with Gasteiger partial charge in [0.2, 0.25) is 0 Å². The van der Waals surface area contributed by atoms with Gasteiger partial charge in [0.25, 0.3) is 5.91 Å². The van der Waals surface area contributed by atoms with Gasteiger partial charge in [0, 0.05) is 30.9 Å². The quantitative estimate of drug-likeness (QED) is 0.772. The summed E-state index contributed by atoms with van der Waals surface area (Å²) in [5.74, 6) is 0.988. The molecule has 2 aromatic heterocycles. The number of carbonyl (C=O) groups is 1. The molecule has 2 N–H and O–H groups in total. The van der Waals surface area contributed by atoms with Crippen LogP contribution >= 0.6 is 0 Å². The van der Waals surface area contributed by atoms with Crippen molar-refractivity contribution in [2.24, 2.45) is 0 Å². The van der Waals surface area contributed by atoms with E-state index in [1.165, 1.54) is 0 Å². The van der Waals surface area contributed by atoms with Crippen molar-refractivity contribution in [2.45, 2.75) is 25.8 Å². The second-order valence-corrected chi connectivity index (χ2v) is 6.49. The minimum atomic E-state index is 0.00459. The maximum atomic E-state index is 12.3. The zero-order valence-electron chi connectivity index (χ0n) is 14.2. The van der Waals surface area contributed by atoms with Crippen molar-refractivity contribution in [3.8, 4) is 0 Å². The summed E-state index contributed by atoms with van der Waals surface area (Å²) in [4.78, 5) is 26.6. The lowest BCUT2D eigenvalue weighted by Gasteiger charge is -2.33. The number of rotatable bonds is 3. The van der Waals surface area contributed by atoms with E-state index in [-0.39, 0.29) is 11.9 Å². The first-order valence-corrected chi connectivity index (χ1v) is 8.62. The molecule has 6 heteroatoms. The van der Waals surface area contributed by atoms with Crippen molar-refractivity contribution in [1.82, 2.24) is 20.3 Å². The summed E-state index contributed by atoms with van der Waals surface area (Å²) < 4.78 is 0. The highest BCUT2D eigenvalue weighted by Crippen LogP contribution is 2.27. The molecule has 25 heavy (non-hydrogen) atoms. The summed E-state index contributed by atoms with van der Waals surface area (Å²) in [5.41, 5.74) is 2.75. The second-order valence-electron chi connectivity index (χ2n) is 6.49. The number of piperidine rings is 1. The average molecular weight is 335 g/mol. The normalized spacial score (nSPS) is 15.5. The predicted octanol–water partition coefficient (Wildman–Crippen LogP) is 2.67. The van der Waals surface area contributed by atoms with Gasteiger partial charge in [0.15, 0.2) is 0 Å². The molecule has 3 aromatic rings. The largest absolute Gasteiger partial charge is 0.356 e. The van der Waals surface area contributed by atoms with Crippen LogP contribution in [0.2, 0.25) is 0 Å². The molecule has 0 aliphatic carbocycles. The lowest BCUT2D eigenvalue weighted by molar-refractivity contribution is 0.0931. The van der Waals surface area contributed by atoms with Gasteiger partial charge in [-0.25, -0.2) is 9.97 Å². The van der Waals surface area contributed by atoms with Crippen molar-refractivity contribution < 1.29 is 4.79 Å². The SMILES string of the molecule is Cc1c[nH]c2ncnc(N3CCC(NC(=O)c4ccccc4)CC3)c12. The van der Waals surface area contributed by atoms with Gasteiger partial charge in [0.05, 0.1) is 5.39 Å². The zero-order valence-corrected chi connectivity index (χ0v) is 14.2. The molecule has 0 spiro atoms. The van der Waals surface area contributed by atoms with Gasteiger partial charge in [-0.3, -0.25) is 4.79 Å². The third-order valence-corrected chi connectivity index (χ3v) is 4.81. The summed E-state index contributed by atoms with van der Waals surface area (Å²) in [6.45, 7) is 3.81. The number of hydrogen-bond acceptors (Lipinski definition) is 4. The van der Waals surface area contributed by atoms with E-state index in [9.17, 15) is 4.79 Å². The van der Waals surface area contributed by atoms with Gasteiger partial charge in [-0.05, 0) is 37.5 Å². The number of nitrogens with one attached hydrogen (secondary N) is 2. The predicted molar refractivity (Wildman–Crippen MR) is 97.8 cm³/mol. The number of amides is 1. The van der Waals surface area contributed by atoms with Crippen molar-refractivity contribution >= 4 is 22.8 Å². The minimum Gasteiger partial charge on any atom is -0.356 e. The van der Waals surface area contributed by atoms with Crippen LogP contribution in [0, 0.1) is 6.92 Å². The van der Waals surface area contributed by atoms with Crippen LogP contribution in [0.4, 0.5) is 5.82 Å². The van der Waals surface area contributed by atoms with Crippen LogP contribution in [0.15, 0.2) is 42.9 Å². The van der Waals surface area contributed by atoms with E-state index in [0.29, 0.717) is 5.56 Å². The number of aryl methyl sites for hydroxylation is 1. The Hall–Kier alpha value is -2.89. The number of carbonyl (C=O) groups excluding carboxylic acids is 1. The van der Waals surface area contributed by atoms with E-state index >= 15 is 0 Å². The summed E-state index contributed by atoms with van der Waals surface area (Å²) in [6.07, 6.45) is 5.40. The van der Waals surface area contributed by atoms with Crippen molar-refractivity contribution in [2.75, 3.05) is 18.0 Å². The molecule has 1 fully saturated rings. The zero-order chi connectivity index (χ0) is 17.2. The second kappa shape index (κ2) is 6.55. The van der Waals surface area contributed by atoms with Gasteiger partial charge in [-0.15, -0.1) is 0 Å². The highest BCUT2D eigenvalue weighted by molar-refractivity contribution is 5.94. The van der Waals surface area contributed by atoms with Crippen LogP contribution < -0.4 is 10.2 Å². The summed E-state index contributed by atoms with van der Waals surface area (Å²) >= 11 is 0. The molecular formula is C19H21N5O. The van der Waals surface area contributed by atoms with E-state index in [4.69, 9.17) is 0 Å².